The molecule has 0 fully saturated rings. The molecular weight excluding hydrogens is 252 g/mol. The third-order valence-corrected chi connectivity index (χ3v) is 3.48. The summed E-state index contributed by atoms with van der Waals surface area (Å²) in [5.41, 5.74) is 6.19. The molecule has 0 aliphatic carbocycles. The first-order valence-electron chi connectivity index (χ1n) is 5.21. The van der Waals surface area contributed by atoms with Crippen molar-refractivity contribution in [3.05, 3.63) is 48.3 Å². The van der Waals surface area contributed by atoms with Crippen molar-refractivity contribution in [3.63, 3.8) is 0 Å². The van der Waals surface area contributed by atoms with Crippen molar-refractivity contribution in [3.8, 4) is 0 Å². The van der Waals surface area contributed by atoms with Gasteiger partial charge >= 0.3 is 0 Å². The van der Waals surface area contributed by atoms with E-state index in [2.05, 4.69) is 14.7 Å². The minimum atomic E-state index is -3.70. The summed E-state index contributed by atoms with van der Waals surface area (Å²) in [4.78, 5) is 7.74. The maximum atomic E-state index is 12.0. The standard InChI is InChI=1S/C11H12N4O2S/c12-7-9-4-5-11(14-8-9)18(16,17)15-10-3-1-2-6-13-10/h1-6,8H,7,12H2,(H,13,15). The second-order valence-electron chi connectivity index (χ2n) is 3.53. The van der Waals surface area contributed by atoms with Gasteiger partial charge in [0.25, 0.3) is 10.0 Å². The molecule has 0 spiro atoms. The van der Waals surface area contributed by atoms with Gasteiger partial charge < -0.3 is 5.73 Å². The lowest BCUT2D eigenvalue weighted by molar-refractivity contribution is 0.597. The van der Waals surface area contributed by atoms with E-state index in [0.717, 1.165) is 5.56 Å². The molecule has 0 atom stereocenters. The number of hydrogen-bond acceptors (Lipinski definition) is 5. The summed E-state index contributed by atoms with van der Waals surface area (Å²) in [5.74, 6) is 0.252. The molecule has 18 heavy (non-hydrogen) atoms. The van der Waals surface area contributed by atoms with Crippen LogP contribution in [0.5, 0.6) is 0 Å². The predicted molar refractivity (Wildman–Crippen MR) is 67.2 cm³/mol. The Hall–Kier alpha value is -1.99. The van der Waals surface area contributed by atoms with Crippen LogP contribution >= 0.6 is 0 Å². The van der Waals surface area contributed by atoms with Crippen LogP contribution in [-0.2, 0) is 16.6 Å². The number of nitrogens with two attached hydrogens (primary N) is 1. The van der Waals surface area contributed by atoms with Crippen LogP contribution < -0.4 is 10.5 Å². The van der Waals surface area contributed by atoms with Crippen LogP contribution in [0.15, 0.2) is 47.8 Å². The summed E-state index contributed by atoms with van der Waals surface area (Å²) in [7, 11) is -3.70. The monoisotopic (exact) mass is 264 g/mol. The van der Waals surface area contributed by atoms with Gasteiger partial charge in [0.15, 0.2) is 5.03 Å². The first-order valence-corrected chi connectivity index (χ1v) is 6.69. The second-order valence-corrected chi connectivity index (χ2v) is 5.16. The Bertz CT molecular complexity index is 611. The molecule has 2 heterocycles. The van der Waals surface area contributed by atoms with Crippen molar-refractivity contribution in [2.45, 2.75) is 11.6 Å². The summed E-state index contributed by atoms with van der Waals surface area (Å²) in [6.45, 7) is 0.320. The lowest BCUT2D eigenvalue weighted by Gasteiger charge is -2.06. The number of nitrogens with one attached hydrogen (secondary N) is 1. The normalized spacial score (nSPS) is 11.2. The summed E-state index contributed by atoms with van der Waals surface area (Å²) < 4.78 is 26.3. The zero-order valence-electron chi connectivity index (χ0n) is 9.45. The Morgan fingerprint density at radius 2 is 2.00 bits per heavy atom. The third-order valence-electron chi connectivity index (χ3n) is 2.21. The van der Waals surface area contributed by atoms with E-state index in [1.165, 1.54) is 18.5 Å². The maximum Gasteiger partial charge on any atom is 0.280 e. The molecule has 2 aromatic rings. The molecule has 0 aliphatic rings. The third kappa shape index (κ3) is 2.82. The average molecular weight is 264 g/mol. The topological polar surface area (TPSA) is 98.0 Å². The highest BCUT2D eigenvalue weighted by Gasteiger charge is 2.15. The SMILES string of the molecule is NCc1ccc(S(=O)(=O)Nc2ccccn2)nc1. The zero-order valence-corrected chi connectivity index (χ0v) is 10.3. The van der Waals surface area contributed by atoms with Crippen molar-refractivity contribution in [2.24, 2.45) is 5.73 Å². The van der Waals surface area contributed by atoms with Crippen LogP contribution in [0.3, 0.4) is 0 Å². The first kappa shape index (κ1) is 12.5. The molecule has 0 saturated heterocycles. The highest BCUT2D eigenvalue weighted by atomic mass is 32.2. The summed E-state index contributed by atoms with van der Waals surface area (Å²) in [5, 5.41) is -0.0645. The molecule has 3 N–H and O–H groups in total. The zero-order chi connectivity index (χ0) is 13.0. The largest absolute Gasteiger partial charge is 0.326 e. The van der Waals surface area contributed by atoms with E-state index in [0.29, 0.717) is 6.54 Å². The van der Waals surface area contributed by atoms with E-state index >= 15 is 0 Å². The number of sulfonamides is 1. The molecule has 2 aromatic heterocycles. The Morgan fingerprint density at radius 1 is 1.17 bits per heavy atom. The number of nitrogens with zero attached hydrogens (tertiary/aromatic N) is 2. The Kier molecular flexibility index (Phi) is 3.54. The van der Waals surface area contributed by atoms with E-state index in [9.17, 15) is 8.42 Å². The highest BCUT2D eigenvalue weighted by Crippen LogP contribution is 2.11. The lowest BCUT2D eigenvalue weighted by Crippen LogP contribution is -2.15. The van der Waals surface area contributed by atoms with E-state index in [1.54, 1.807) is 24.3 Å². The van der Waals surface area contributed by atoms with Gasteiger partial charge in [-0.1, -0.05) is 12.1 Å². The van der Waals surface area contributed by atoms with Gasteiger partial charge in [-0.2, -0.15) is 8.42 Å². The van der Waals surface area contributed by atoms with Gasteiger partial charge in [-0.15, -0.1) is 0 Å². The Morgan fingerprint density at radius 3 is 2.56 bits per heavy atom. The molecule has 0 aromatic carbocycles. The summed E-state index contributed by atoms with van der Waals surface area (Å²) in [6.07, 6.45) is 2.94. The van der Waals surface area contributed by atoms with Crippen LogP contribution in [0.1, 0.15) is 5.56 Å². The van der Waals surface area contributed by atoms with Crippen molar-refractivity contribution >= 4 is 15.8 Å². The number of aromatic nitrogens is 2. The van der Waals surface area contributed by atoms with Gasteiger partial charge in [0.2, 0.25) is 0 Å². The number of rotatable bonds is 4. The van der Waals surface area contributed by atoms with Crippen molar-refractivity contribution < 1.29 is 8.42 Å². The quantitative estimate of drug-likeness (QED) is 0.848. The van der Waals surface area contributed by atoms with Crippen molar-refractivity contribution in [1.29, 1.82) is 0 Å². The fraction of sp³-hybridized carbons (Fsp3) is 0.0909. The Balaban J connectivity index is 2.25. The van der Waals surface area contributed by atoms with E-state index < -0.39 is 10.0 Å². The second kappa shape index (κ2) is 5.11. The molecule has 0 unspecified atom stereocenters. The van der Waals surface area contributed by atoms with E-state index in [-0.39, 0.29) is 10.8 Å². The molecule has 0 amide bonds. The fourth-order valence-electron chi connectivity index (χ4n) is 1.30. The molecule has 0 bridgehead atoms. The molecule has 0 aliphatic heterocycles. The van der Waals surface area contributed by atoms with Crippen LogP contribution in [0.4, 0.5) is 5.82 Å². The lowest BCUT2D eigenvalue weighted by atomic mass is 10.3. The molecule has 2 rings (SSSR count). The van der Waals surface area contributed by atoms with Gasteiger partial charge in [0.1, 0.15) is 5.82 Å². The first-order chi connectivity index (χ1) is 8.62. The molecule has 0 saturated carbocycles. The smallest absolute Gasteiger partial charge is 0.280 e. The molecular formula is C11H12N4O2S. The van der Waals surface area contributed by atoms with Crippen LogP contribution in [0.2, 0.25) is 0 Å². The predicted octanol–water partition coefficient (Wildman–Crippen LogP) is 0.736. The van der Waals surface area contributed by atoms with Crippen molar-refractivity contribution in [1.82, 2.24) is 9.97 Å². The van der Waals surface area contributed by atoms with Gasteiger partial charge in [0, 0.05) is 18.9 Å². The summed E-state index contributed by atoms with van der Waals surface area (Å²) >= 11 is 0. The number of pyridine rings is 2. The molecule has 6 nitrogen and oxygen atoms in total. The minimum absolute atomic E-state index is 0.0645. The molecule has 7 heteroatoms. The maximum absolute atomic E-state index is 12.0. The number of anilines is 1. The van der Waals surface area contributed by atoms with Gasteiger partial charge in [-0.25, -0.2) is 9.97 Å². The average Bonchev–Trinajstić information content (AvgIpc) is 2.39. The van der Waals surface area contributed by atoms with Gasteiger partial charge in [0.05, 0.1) is 0 Å². The summed E-state index contributed by atoms with van der Waals surface area (Å²) in [6, 6.07) is 7.99. The van der Waals surface area contributed by atoms with E-state index in [1.807, 2.05) is 0 Å². The minimum Gasteiger partial charge on any atom is -0.326 e. The molecule has 0 radical (unpaired) electrons. The van der Waals surface area contributed by atoms with Crippen molar-refractivity contribution in [2.75, 3.05) is 4.72 Å². The van der Waals surface area contributed by atoms with E-state index in [4.69, 9.17) is 5.73 Å². The number of hydrogen-bond donors (Lipinski definition) is 2. The molecule has 94 valence electrons. The van der Waals surface area contributed by atoms with Crippen LogP contribution in [0.25, 0.3) is 0 Å². The fourth-order valence-corrected chi connectivity index (χ4v) is 2.24. The Labute approximate surface area is 105 Å². The van der Waals surface area contributed by atoms with Crippen LogP contribution in [0, 0.1) is 0 Å². The highest BCUT2D eigenvalue weighted by molar-refractivity contribution is 7.92. The van der Waals surface area contributed by atoms with Gasteiger partial charge in [-0.05, 0) is 23.8 Å². The van der Waals surface area contributed by atoms with Gasteiger partial charge in [-0.3, -0.25) is 4.72 Å². The van der Waals surface area contributed by atoms with Crippen LogP contribution in [-0.4, -0.2) is 18.4 Å².